The Kier molecular flexibility index (Phi) is 5.06. The average Bonchev–Trinajstić information content (AvgIpc) is 2.25. The van der Waals surface area contributed by atoms with Gasteiger partial charge >= 0.3 is 5.51 Å². The van der Waals surface area contributed by atoms with E-state index in [0.717, 1.165) is 0 Å². The zero-order chi connectivity index (χ0) is 13.1. The maximum absolute atomic E-state index is 12.4. The van der Waals surface area contributed by atoms with Crippen molar-refractivity contribution in [2.24, 2.45) is 0 Å². The summed E-state index contributed by atoms with van der Waals surface area (Å²) in [7, 11) is 0. The molecule has 0 aliphatic rings. The predicted molar refractivity (Wildman–Crippen MR) is 65.6 cm³/mol. The van der Waals surface area contributed by atoms with Crippen LogP contribution in [0.1, 0.15) is 29.3 Å². The number of benzene rings is 1. The molecular weight excluding hydrogens is 317 g/mol. The van der Waals surface area contributed by atoms with Crippen LogP contribution in [-0.4, -0.2) is 11.3 Å². The van der Waals surface area contributed by atoms with Crippen LogP contribution < -0.4 is 0 Å². The van der Waals surface area contributed by atoms with Gasteiger partial charge in [-0.2, -0.15) is 13.2 Å². The molecule has 0 unspecified atom stereocenters. The lowest BCUT2D eigenvalue weighted by molar-refractivity contribution is -0.0328. The number of halogens is 4. The lowest BCUT2D eigenvalue weighted by atomic mass is 10.0. The van der Waals surface area contributed by atoms with Gasteiger partial charge in [-0.3, -0.25) is 4.79 Å². The third-order valence-corrected chi connectivity index (χ3v) is 3.48. The van der Waals surface area contributed by atoms with Crippen molar-refractivity contribution in [1.29, 1.82) is 0 Å². The van der Waals surface area contributed by atoms with E-state index in [1.54, 1.807) is 13.0 Å². The van der Waals surface area contributed by atoms with E-state index in [-0.39, 0.29) is 34.4 Å². The molecule has 0 fully saturated rings. The van der Waals surface area contributed by atoms with E-state index in [9.17, 15) is 18.0 Å². The summed E-state index contributed by atoms with van der Waals surface area (Å²) in [4.78, 5) is 11.7. The molecule has 0 bridgehead atoms. The summed E-state index contributed by atoms with van der Waals surface area (Å²) in [6.45, 7) is 1.63. The number of alkyl halides is 4. The highest BCUT2D eigenvalue weighted by Crippen LogP contribution is 2.39. The van der Waals surface area contributed by atoms with Gasteiger partial charge in [0, 0.05) is 22.2 Å². The first kappa shape index (κ1) is 14.6. The van der Waals surface area contributed by atoms with Crippen LogP contribution in [0.15, 0.2) is 23.1 Å². The summed E-state index contributed by atoms with van der Waals surface area (Å²) < 4.78 is 37.1. The van der Waals surface area contributed by atoms with Gasteiger partial charge in [0.05, 0.1) is 0 Å². The van der Waals surface area contributed by atoms with Crippen molar-refractivity contribution < 1.29 is 18.0 Å². The van der Waals surface area contributed by atoms with Gasteiger partial charge < -0.3 is 0 Å². The molecular formula is C11H10BrF3OS. The van der Waals surface area contributed by atoms with Crippen LogP contribution in [0.3, 0.4) is 0 Å². The predicted octanol–water partition coefficient (Wildman–Crippen LogP) is 4.79. The van der Waals surface area contributed by atoms with Crippen LogP contribution in [0.2, 0.25) is 0 Å². The smallest absolute Gasteiger partial charge is 0.294 e. The topological polar surface area (TPSA) is 17.1 Å². The molecule has 0 saturated heterocycles. The molecule has 0 aliphatic heterocycles. The molecule has 0 spiro atoms. The second-order valence-corrected chi connectivity index (χ2v) is 4.92. The Hall–Kier alpha value is -0.490. The molecule has 0 radical (unpaired) electrons. The van der Waals surface area contributed by atoms with Crippen LogP contribution in [-0.2, 0) is 5.33 Å². The highest BCUT2D eigenvalue weighted by atomic mass is 79.9. The summed E-state index contributed by atoms with van der Waals surface area (Å²) in [5.41, 5.74) is -3.62. The Balaban J connectivity index is 3.24. The lowest BCUT2D eigenvalue weighted by Crippen LogP contribution is -2.07. The molecule has 94 valence electrons. The molecule has 6 heteroatoms. The Morgan fingerprint density at radius 2 is 2.06 bits per heavy atom. The van der Waals surface area contributed by atoms with Gasteiger partial charge in [-0.25, -0.2) is 0 Å². The number of thioether (sulfide) groups is 1. The number of rotatable bonds is 4. The van der Waals surface area contributed by atoms with Crippen molar-refractivity contribution in [2.45, 2.75) is 29.1 Å². The summed E-state index contributed by atoms with van der Waals surface area (Å²) >= 11 is 2.94. The summed E-state index contributed by atoms with van der Waals surface area (Å²) in [6.07, 6.45) is 0.190. The molecule has 0 aliphatic carbocycles. The molecule has 0 heterocycles. The molecule has 0 atom stereocenters. The fourth-order valence-corrected chi connectivity index (χ4v) is 2.60. The summed E-state index contributed by atoms with van der Waals surface area (Å²) in [5, 5.41) is 0.361. The zero-order valence-electron chi connectivity index (χ0n) is 8.97. The Labute approximate surface area is 110 Å². The van der Waals surface area contributed by atoms with E-state index in [2.05, 4.69) is 15.9 Å². The van der Waals surface area contributed by atoms with Crippen LogP contribution >= 0.6 is 27.7 Å². The fourth-order valence-electron chi connectivity index (χ4n) is 1.39. The fraction of sp³-hybridized carbons (Fsp3) is 0.364. The minimum absolute atomic E-state index is 0.0266. The Morgan fingerprint density at radius 3 is 2.53 bits per heavy atom. The van der Waals surface area contributed by atoms with Gasteiger partial charge in [0.25, 0.3) is 0 Å². The third kappa shape index (κ3) is 4.03. The summed E-state index contributed by atoms with van der Waals surface area (Å²) in [5.74, 6) is -0.271. The van der Waals surface area contributed by atoms with Gasteiger partial charge in [0.2, 0.25) is 0 Å². The molecule has 0 saturated carbocycles. The highest BCUT2D eigenvalue weighted by Gasteiger charge is 2.31. The van der Waals surface area contributed by atoms with Crippen LogP contribution in [0.25, 0.3) is 0 Å². The van der Waals surface area contributed by atoms with Crippen molar-refractivity contribution in [2.75, 3.05) is 0 Å². The monoisotopic (exact) mass is 326 g/mol. The first-order chi connectivity index (χ1) is 7.89. The zero-order valence-corrected chi connectivity index (χ0v) is 11.4. The minimum Gasteiger partial charge on any atom is -0.294 e. The molecule has 1 aromatic carbocycles. The van der Waals surface area contributed by atoms with E-state index in [1.165, 1.54) is 12.1 Å². The van der Waals surface area contributed by atoms with Crippen LogP contribution in [0.4, 0.5) is 13.2 Å². The maximum Gasteiger partial charge on any atom is 0.446 e. The Morgan fingerprint density at radius 1 is 1.41 bits per heavy atom. The molecule has 1 aromatic rings. The molecule has 0 aromatic heterocycles. The van der Waals surface area contributed by atoms with Crippen LogP contribution in [0, 0.1) is 0 Å². The number of hydrogen-bond donors (Lipinski definition) is 0. The minimum atomic E-state index is -4.38. The van der Waals surface area contributed by atoms with Crippen molar-refractivity contribution >= 4 is 33.5 Å². The van der Waals surface area contributed by atoms with Crippen molar-refractivity contribution in [3.05, 3.63) is 29.3 Å². The van der Waals surface area contributed by atoms with Crippen molar-refractivity contribution in [3.8, 4) is 0 Å². The van der Waals surface area contributed by atoms with Gasteiger partial charge in [-0.05, 0) is 23.4 Å². The average molecular weight is 327 g/mol. The van der Waals surface area contributed by atoms with Crippen LogP contribution in [0.5, 0.6) is 0 Å². The first-order valence-electron chi connectivity index (χ1n) is 4.85. The van der Waals surface area contributed by atoms with Gasteiger partial charge in [0.1, 0.15) is 0 Å². The van der Waals surface area contributed by atoms with E-state index >= 15 is 0 Å². The van der Waals surface area contributed by atoms with Gasteiger partial charge in [0.15, 0.2) is 5.78 Å². The standard InChI is InChI=1S/C11H10BrF3OS/c1-2-8(16)10-7(6-12)4-3-5-9(10)17-11(13,14)15/h3-5H,2,6H2,1H3. The molecule has 1 nitrogen and oxygen atoms in total. The number of carbonyl (C=O) groups is 1. The maximum atomic E-state index is 12.4. The highest BCUT2D eigenvalue weighted by molar-refractivity contribution is 9.08. The quantitative estimate of drug-likeness (QED) is 0.449. The molecule has 0 amide bonds. The van der Waals surface area contributed by atoms with E-state index in [0.29, 0.717) is 10.9 Å². The number of carbonyl (C=O) groups excluding carboxylic acids is 1. The first-order valence-corrected chi connectivity index (χ1v) is 6.79. The van der Waals surface area contributed by atoms with Crippen molar-refractivity contribution in [1.82, 2.24) is 0 Å². The number of hydrogen-bond acceptors (Lipinski definition) is 2. The number of ketones is 1. The van der Waals surface area contributed by atoms with Crippen molar-refractivity contribution in [3.63, 3.8) is 0 Å². The second kappa shape index (κ2) is 5.91. The third-order valence-electron chi connectivity index (χ3n) is 2.08. The largest absolute Gasteiger partial charge is 0.446 e. The van der Waals surface area contributed by atoms with Gasteiger partial charge in [-0.1, -0.05) is 35.0 Å². The van der Waals surface area contributed by atoms with E-state index in [1.807, 2.05) is 0 Å². The molecule has 17 heavy (non-hydrogen) atoms. The molecule has 0 N–H and O–H groups in total. The SMILES string of the molecule is CCC(=O)c1c(CBr)cccc1SC(F)(F)F. The van der Waals surface area contributed by atoms with E-state index < -0.39 is 5.51 Å². The number of Topliss-reactive ketones (excluding diaryl/α,β-unsaturated/α-hetero) is 1. The van der Waals surface area contributed by atoms with Gasteiger partial charge in [-0.15, -0.1) is 0 Å². The lowest BCUT2D eigenvalue weighted by Gasteiger charge is -2.12. The van der Waals surface area contributed by atoms with E-state index in [4.69, 9.17) is 0 Å². The molecule has 1 rings (SSSR count). The Bertz CT molecular complexity index is 418. The summed E-state index contributed by atoms with van der Waals surface area (Å²) in [6, 6.07) is 4.50. The second-order valence-electron chi connectivity index (χ2n) is 3.25. The normalized spacial score (nSPS) is 11.6.